The fourth-order valence-electron chi connectivity index (χ4n) is 1.87. The molecule has 18 heavy (non-hydrogen) atoms. The zero-order valence-corrected chi connectivity index (χ0v) is 11.0. The Morgan fingerprint density at radius 1 is 1.39 bits per heavy atom. The molecule has 0 saturated heterocycles. The third-order valence-corrected chi connectivity index (χ3v) is 2.81. The van der Waals surface area contributed by atoms with Crippen molar-refractivity contribution in [1.29, 1.82) is 0 Å². The van der Waals surface area contributed by atoms with Gasteiger partial charge in [-0.25, -0.2) is 0 Å². The predicted octanol–water partition coefficient (Wildman–Crippen LogP) is 1.56. The molecule has 4 nitrogen and oxygen atoms in total. The Labute approximate surface area is 108 Å². The number of aliphatic hydroxyl groups is 1. The summed E-state index contributed by atoms with van der Waals surface area (Å²) in [5.74, 6) is 2.12. The van der Waals surface area contributed by atoms with Gasteiger partial charge in [-0.3, -0.25) is 0 Å². The van der Waals surface area contributed by atoms with Crippen molar-refractivity contribution in [3.63, 3.8) is 0 Å². The lowest BCUT2D eigenvalue weighted by molar-refractivity contribution is 0.0455. The van der Waals surface area contributed by atoms with Crippen LogP contribution in [-0.4, -0.2) is 31.0 Å². The van der Waals surface area contributed by atoms with E-state index in [1.165, 1.54) is 0 Å². The number of fused-ring (bicyclic) bond motifs is 1. The van der Waals surface area contributed by atoms with Crippen LogP contribution in [-0.2, 0) is 6.54 Å². The second kappa shape index (κ2) is 6.07. The molecule has 4 heteroatoms. The molecular formula is C14H21NO3. The van der Waals surface area contributed by atoms with E-state index in [2.05, 4.69) is 19.2 Å². The molecule has 0 radical (unpaired) electrons. The van der Waals surface area contributed by atoms with E-state index >= 15 is 0 Å². The average molecular weight is 251 g/mol. The van der Waals surface area contributed by atoms with Gasteiger partial charge in [0.25, 0.3) is 0 Å². The van der Waals surface area contributed by atoms with Crippen molar-refractivity contribution >= 4 is 0 Å². The summed E-state index contributed by atoms with van der Waals surface area (Å²) in [5, 5.41) is 12.5. The van der Waals surface area contributed by atoms with Gasteiger partial charge in [0.1, 0.15) is 6.61 Å². The van der Waals surface area contributed by atoms with Gasteiger partial charge >= 0.3 is 0 Å². The first-order valence-electron chi connectivity index (χ1n) is 6.43. The van der Waals surface area contributed by atoms with Gasteiger partial charge in [0.15, 0.2) is 17.6 Å². The smallest absolute Gasteiger partial charge is 0.162 e. The van der Waals surface area contributed by atoms with Crippen LogP contribution in [0.2, 0.25) is 0 Å². The molecule has 0 aromatic heterocycles. The SMILES string of the molecule is CC(C)CNCc1ccc2c(c1)OC(CO)CO2. The highest BCUT2D eigenvalue weighted by atomic mass is 16.6. The molecule has 1 atom stereocenters. The summed E-state index contributed by atoms with van der Waals surface area (Å²) in [4.78, 5) is 0. The Balaban J connectivity index is 1.98. The van der Waals surface area contributed by atoms with E-state index in [0.29, 0.717) is 12.5 Å². The van der Waals surface area contributed by atoms with Gasteiger partial charge in [0.2, 0.25) is 0 Å². The van der Waals surface area contributed by atoms with Gasteiger partial charge in [-0.05, 0) is 30.2 Å². The molecule has 0 amide bonds. The third-order valence-electron chi connectivity index (χ3n) is 2.81. The van der Waals surface area contributed by atoms with Crippen LogP contribution in [0.3, 0.4) is 0 Å². The minimum Gasteiger partial charge on any atom is -0.486 e. The van der Waals surface area contributed by atoms with Crippen LogP contribution in [0.1, 0.15) is 19.4 Å². The number of hydrogen-bond acceptors (Lipinski definition) is 4. The molecule has 0 saturated carbocycles. The molecule has 2 rings (SSSR count). The molecule has 0 aliphatic carbocycles. The highest BCUT2D eigenvalue weighted by Gasteiger charge is 2.20. The van der Waals surface area contributed by atoms with E-state index in [1.54, 1.807) is 0 Å². The van der Waals surface area contributed by atoms with Crippen LogP contribution in [0.25, 0.3) is 0 Å². The molecule has 0 fully saturated rings. The minimum absolute atomic E-state index is 0.0186. The molecule has 1 unspecified atom stereocenters. The summed E-state index contributed by atoms with van der Waals surface area (Å²) in [6.45, 7) is 6.57. The summed E-state index contributed by atoms with van der Waals surface area (Å²) in [6, 6.07) is 5.94. The number of nitrogens with one attached hydrogen (secondary N) is 1. The van der Waals surface area contributed by atoms with Gasteiger partial charge in [0, 0.05) is 6.54 Å². The van der Waals surface area contributed by atoms with Crippen molar-refractivity contribution in [3.8, 4) is 11.5 Å². The Bertz CT molecular complexity index is 393. The lowest BCUT2D eigenvalue weighted by Crippen LogP contribution is -2.32. The number of hydrogen-bond donors (Lipinski definition) is 2. The van der Waals surface area contributed by atoms with Crippen molar-refractivity contribution in [2.45, 2.75) is 26.5 Å². The summed E-state index contributed by atoms with van der Waals surface area (Å²) in [6.07, 6.45) is -0.253. The van der Waals surface area contributed by atoms with E-state index in [0.717, 1.165) is 30.2 Å². The normalized spacial score (nSPS) is 18.1. The molecule has 1 aromatic rings. The number of ether oxygens (including phenoxy) is 2. The highest BCUT2D eigenvalue weighted by Crippen LogP contribution is 2.32. The van der Waals surface area contributed by atoms with Crippen LogP contribution in [0.15, 0.2) is 18.2 Å². The van der Waals surface area contributed by atoms with Gasteiger partial charge in [-0.1, -0.05) is 19.9 Å². The number of rotatable bonds is 5. The van der Waals surface area contributed by atoms with Crippen molar-refractivity contribution in [3.05, 3.63) is 23.8 Å². The van der Waals surface area contributed by atoms with Crippen molar-refractivity contribution in [2.24, 2.45) is 5.92 Å². The first-order valence-corrected chi connectivity index (χ1v) is 6.43. The van der Waals surface area contributed by atoms with Crippen LogP contribution in [0, 0.1) is 5.92 Å². The summed E-state index contributed by atoms with van der Waals surface area (Å²) < 4.78 is 11.2. The first-order chi connectivity index (χ1) is 8.69. The lowest BCUT2D eigenvalue weighted by atomic mass is 10.1. The molecule has 2 N–H and O–H groups in total. The monoisotopic (exact) mass is 251 g/mol. The van der Waals surface area contributed by atoms with Gasteiger partial charge in [-0.15, -0.1) is 0 Å². The molecule has 1 aliphatic rings. The van der Waals surface area contributed by atoms with Crippen molar-refractivity contribution in [1.82, 2.24) is 5.32 Å². The average Bonchev–Trinajstić information content (AvgIpc) is 2.37. The van der Waals surface area contributed by atoms with Gasteiger partial charge < -0.3 is 19.9 Å². The standard InChI is InChI=1S/C14H21NO3/c1-10(2)6-15-7-11-3-4-13-14(5-11)18-12(8-16)9-17-13/h3-5,10,12,15-16H,6-9H2,1-2H3. The topological polar surface area (TPSA) is 50.7 Å². The number of benzene rings is 1. The van der Waals surface area contributed by atoms with E-state index < -0.39 is 0 Å². The van der Waals surface area contributed by atoms with Crippen LogP contribution >= 0.6 is 0 Å². The second-order valence-corrected chi connectivity index (χ2v) is 5.04. The summed E-state index contributed by atoms with van der Waals surface area (Å²) >= 11 is 0. The fraction of sp³-hybridized carbons (Fsp3) is 0.571. The van der Waals surface area contributed by atoms with Crippen LogP contribution in [0.5, 0.6) is 11.5 Å². The van der Waals surface area contributed by atoms with E-state index in [4.69, 9.17) is 14.6 Å². The van der Waals surface area contributed by atoms with E-state index in [9.17, 15) is 0 Å². The lowest BCUT2D eigenvalue weighted by Gasteiger charge is -2.25. The molecule has 1 aliphatic heterocycles. The van der Waals surface area contributed by atoms with E-state index in [1.807, 2.05) is 18.2 Å². The second-order valence-electron chi connectivity index (χ2n) is 5.04. The maximum atomic E-state index is 9.07. The minimum atomic E-state index is -0.253. The maximum absolute atomic E-state index is 9.07. The quantitative estimate of drug-likeness (QED) is 0.834. The Morgan fingerprint density at radius 2 is 2.22 bits per heavy atom. The predicted molar refractivity (Wildman–Crippen MR) is 70.0 cm³/mol. The molecule has 1 aromatic carbocycles. The van der Waals surface area contributed by atoms with Crippen molar-refractivity contribution in [2.75, 3.05) is 19.8 Å². The number of aliphatic hydroxyl groups excluding tert-OH is 1. The van der Waals surface area contributed by atoms with Gasteiger partial charge in [-0.2, -0.15) is 0 Å². The molecule has 0 bridgehead atoms. The maximum Gasteiger partial charge on any atom is 0.162 e. The summed E-state index contributed by atoms with van der Waals surface area (Å²) in [5.41, 5.74) is 1.16. The highest BCUT2D eigenvalue weighted by molar-refractivity contribution is 5.44. The van der Waals surface area contributed by atoms with Gasteiger partial charge in [0.05, 0.1) is 6.61 Å². The zero-order valence-electron chi connectivity index (χ0n) is 11.0. The van der Waals surface area contributed by atoms with E-state index in [-0.39, 0.29) is 12.7 Å². The van der Waals surface area contributed by atoms with Crippen molar-refractivity contribution < 1.29 is 14.6 Å². The molecular weight excluding hydrogens is 230 g/mol. The Morgan fingerprint density at radius 3 is 2.94 bits per heavy atom. The first kappa shape index (κ1) is 13.2. The molecule has 0 spiro atoms. The fourth-order valence-corrected chi connectivity index (χ4v) is 1.87. The molecule has 1 heterocycles. The van der Waals surface area contributed by atoms with Crippen LogP contribution < -0.4 is 14.8 Å². The largest absolute Gasteiger partial charge is 0.486 e. The Hall–Kier alpha value is -1.26. The Kier molecular flexibility index (Phi) is 4.44. The van der Waals surface area contributed by atoms with Crippen LogP contribution in [0.4, 0.5) is 0 Å². The summed E-state index contributed by atoms with van der Waals surface area (Å²) in [7, 11) is 0. The zero-order chi connectivity index (χ0) is 13.0. The third kappa shape index (κ3) is 3.37. The molecule has 100 valence electrons.